The Hall–Kier alpha value is -1.76. The number of nitrogens with one attached hydrogen (secondary N) is 1. The van der Waals surface area contributed by atoms with E-state index in [9.17, 15) is 13.2 Å². The minimum atomic E-state index is -4.46. The predicted molar refractivity (Wildman–Crippen MR) is 74.3 cm³/mol. The first-order valence-electron chi connectivity index (χ1n) is 6.16. The van der Waals surface area contributed by atoms with Crippen LogP contribution in [0, 0.1) is 13.8 Å². The van der Waals surface area contributed by atoms with Gasteiger partial charge >= 0.3 is 6.18 Å². The van der Waals surface area contributed by atoms with Gasteiger partial charge in [-0.2, -0.15) is 18.3 Å². The van der Waals surface area contributed by atoms with Crippen LogP contribution in [0.4, 0.5) is 19.0 Å². The van der Waals surface area contributed by atoms with Crippen molar-refractivity contribution in [1.29, 1.82) is 0 Å². The molecule has 0 saturated heterocycles. The number of aryl methyl sites for hydroxylation is 2. The number of pyridine rings is 1. The molecule has 0 aliphatic heterocycles. The van der Waals surface area contributed by atoms with Gasteiger partial charge in [0.05, 0.1) is 11.3 Å². The van der Waals surface area contributed by atoms with Crippen LogP contribution in [-0.4, -0.2) is 14.8 Å². The van der Waals surface area contributed by atoms with E-state index in [4.69, 9.17) is 11.6 Å². The van der Waals surface area contributed by atoms with Crippen LogP contribution in [0.25, 0.3) is 0 Å². The number of hydrogen-bond donors (Lipinski definition) is 1. The zero-order valence-corrected chi connectivity index (χ0v) is 12.5. The first-order chi connectivity index (χ1) is 9.68. The van der Waals surface area contributed by atoms with Gasteiger partial charge in [0.25, 0.3) is 0 Å². The third kappa shape index (κ3) is 3.47. The van der Waals surface area contributed by atoms with Crippen molar-refractivity contribution in [3.63, 3.8) is 0 Å². The van der Waals surface area contributed by atoms with Gasteiger partial charge in [0, 0.05) is 24.8 Å². The standard InChI is InChI=1S/C13H14ClF3N4/c1-7-10(8(2)21(3)20-7)6-18-12-5-9(13(15,16)17)4-11(14)19-12/h4-5H,6H2,1-3H3,(H,18,19). The second-order valence-corrected chi connectivity index (χ2v) is 5.08. The summed E-state index contributed by atoms with van der Waals surface area (Å²) in [6.45, 7) is 4.07. The van der Waals surface area contributed by atoms with E-state index in [1.807, 2.05) is 20.9 Å². The molecule has 0 spiro atoms. The van der Waals surface area contributed by atoms with E-state index in [0.717, 1.165) is 29.1 Å². The van der Waals surface area contributed by atoms with E-state index in [2.05, 4.69) is 15.4 Å². The molecule has 0 aliphatic carbocycles. The molecule has 21 heavy (non-hydrogen) atoms. The fraction of sp³-hybridized carbons (Fsp3) is 0.385. The number of aromatic nitrogens is 3. The van der Waals surface area contributed by atoms with E-state index in [1.165, 1.54) is 0 Å². The minimum absolute atomic E-state index is 0.0810. The van der Waals surface area contributed by atoms with Crippen LogP contribution in [0.2, 0.25) is 5.15 Å². The van der Waals surface area contributed by atoms with E-state index in [0.29, 0.717) is 6.54 Å². The molecule has 0 saturated carbocycles. The molecule has 2 aromatic rings. The summed E-state index contributed by atoms with van der Waals surface area (Å²) in [4.78, 5) is 3.86. The van der Waals surface area contributed by atoms with Crippen molar-refractivity contribution in [3.05, 3.63) is 39.8 Å². The quantitative estimate of drug-likeness (QED) is 0.877. The van der Waals surface area contributed by atoms with Gasteiger partial charge in [-0.25, -0.2) is 4.98 Å². The number of alkyl halides is 3. The average Bonchev–Trinajstić information content (AvgIpc) is 2.59. The normalized spacial score (nSPS) is 11.8. The molecule has 4 nitrogen and oxygen atoms in total. The van der Waals surface area contributed by atoms with Crippen LogP contribution in [0.1, 0.15) is 22.5 Å². The molecule has 0 fully saturated rings. The van der Waals surface area contributed by atoms with E-state index in [1.54, 1.807) is 4.68 Å². The van der Waals surface area contributed by atoms with Crippen LogP contribution < -0.4 is 5.32 Å². The smallest absolute Gasteiger partial charge is 0.366 e. The fourth-order valence-electron chi connectivity index (χ4n) is 2.00. The van der Waals surface area contributed by atoms with Gasteiger partial charge in [-0.3, -0.25) is 4.68 Å². The lowest BCUT2D eigenvalue weighted by Crippen LogP contribution is -2.09. The zero-order valence-electron chi connectivity index (χ0n) is 11.7. The number of anilines is 1. The molecule has 2 aromatic heterocycles. The van der Waals surface area contributed by atoms with Gasteiger partial charge < -0.3 is 5.32 Å². The Morgan fingerprint density at radius 2 is 1.95 bits per heavy atom. The third-order valence-corrected chi connectivity index (χ3v) is 3.42. The van der Waals surface area contributed by atoms with Gasteiger partial charge in [0.15, 0.2) is 0 Å². The first-order valence-corrected chi connectivity index (χ1v) is 6.54. The van der Waals surface area contributed by atoms with E-state index < -0.39 is 11.7 Å². The molecule has 2 heterocycles. The number of halogens is 4. The van der Waals surface area contributed by atoms with Gasteiger partial charge in [-0.15, -0.1) is 0 Å². The van der Waals surface area contributed by atoms with E-state index >= 15 is 0 Å². The first kappa shape index (κ1) is 15.6. The van der Waals surface area contributed by atoms with Crippen molar-refractivity contribution in [2.75, 3.05) is 5.32 Å². The lowest BCUT2D eigenvalue weighted by atomic mass is 10.2. The van der Waals surface area contributed by atoms with Gasteiger partial charge in [-0.05, 0) is 26.0 Å². The Labute approximate surface area is 124 Å². The summed E-state index contributed by atoms with van der Waals surface area (Å²) in [6.07, 6.45) is -4.46. The number of hydrogen-bond acceptors (Lipinski definition) is 3. The number of nitrogens with zero attached hydrogens (tertiary/aromatic N) is 3. The Kier molecular flexibility index (Phi) is 4.13. The SMILES string of the molecule is Cc1nn(C)c(C)c1CNc1cc(C(F)(F)F)cc(Cl)n1. The maximum Gasteiger partial charge on any atom is 0.416 e. The molecule has 0 radical (unpaired) electrons. The molecule has 1 N–H and O–H groups in total. The van der Waals surface area contributed by atoms with Gasteiger partial charge in [0.1, 0.15) is 11.0 Å². The molecule has 0 aromatic carbocycles. The molecule has 0 bridgehead atoms. The molecule has 114 valence electrons. The van der Waals surface area contributed by atoms with Crippen LogP contribution in [0.5, 0.6) is 0 Å². The summed E-state index contributed by atoms with van der Waals surface area (Å²) < 4.78 is 39.9. The minimum Gasteiger partial charge on any atom is -0.366 e. The highest BCUT2D eigenvalue weighted by Gasteiger charge is 2.31. The molecule has 0 aliphatic rings. The van der Waals surface area contributed by atoms with Gasteiger partial charge in [-0.1, -0.05) is 11.6 Å². The monoisotopic (exact) mass is 318 g/mol. The molecular weight excluding hydrogens is 305 g/mol. The highest BCUT2D eigenvalue weighted by Crippen LogP contribution is 2.32. The molecule has 0 unspecified atom stereocenters. The molecule has 2 rings (SSSR count). The summed E-state index contributed by atoms with van der Waals surface area (Å²) >= 11 is 5.64. The summed E-state index contributed by atoms with van der Waals surface area (Å²) in [6, 6.07) is 1.74. The van der Waals surface area contributed by atoms with Crippen LogP contribution >= 0.6 is 11.6 Å². The Morgan fingerprint density at radius 3 is 2.48 bits per heavy atom. The second kappa shape index (κ2) is 5.55. The number of rotatable bonds is 3. The molecular formula is C13H14ClF3N4. The van der Waals surface area contributed by atoms with E-state index in [-0.39, 0.29) is 11.0 Å². The Morgan fingerprint density at radius 1 is 1.29 bits per heavy atom. The van der Waals surface area contributed by atoms with Crippen LogP contribution in [0.3, 0.4) is 0 Å². The highest BCUT2D eigenvalue weighted by molar-refractivity contribution is 6.29. The molecule has 0 amide bonds. The fourth-order valence-corrected chi connectivity index (χ4v) is 2.21. The molecule has 0 atom stereocenters. The topological polar surface area (TPSA) is 42.7 Å². The summed E-state index contributed by atoms with van der Waals surface area (Å²) in [5.74, 6) is 0.0810. The van der Waals surface area contributed by atoms with Crippen molar-refractivity contribution in [2.45, 2.75) is 26.6 Å². The van der Waals surface area contributed by atoms with Crippen molar-refractivity contribution in [3.8, 4) is 0 Å². The summed E-state index contributed by atoms with van der Waals surface area (Å²) in [5.41, 5.74) is 1.86. The summed E-state index contributed by atoms with van der Waals surface area (Å²) in [5, 5.41) is 6.91. The van der Waals surface area contributed by atoms with Gasteiger partial charge in [0.2, 0.25) is 0 Å². The highest BCUT2D eigenvalue weighted by atomic mass is 35.5. The maximum absolute atomic E-state index is 12.7. The molecule has 8 heteroatoms. The lowest BCUT2D eigenvalue weighted by Gasteiger charge is -2.11. The second-order valence-electron chi connectivity index (χ2n) is 4.69. The van der Waals surface area contributed by atoms with Crippen LogP contribution in [-0.2, 0) is 19.8 Å². The van der Waals surface area contributed by atoms with Crippen molar-refractivity contribution in [1.82, 2.24) is 14.8 Å². The predicted octanol–water partition coefficient (Wildman–Crippen LogP) is 3.72. The Balaban J connectivity index is 2.22. The lowest BCUT2D eigenvalue weighted by molar-refractivity contribution is -0.137. The third-order valence-electron chi connectivity index (χ3n) is 3.23. The van der Waals surface area contributed by atoms with Crippen molar-refractivity contribution in [2.24, 2.45) is 7.05 Å². The van der Waals surface area contributed by atoms with Crippen LogP contribution in [0.15, 0.2) is 12.1 Å². The van der Waals surface area contributed by atoms with Crippen molar-refractivity contribution < 1.29 is 13.2 Å². The van der Waals surface area contributed by atoms with Crippen molar-refractivity contribution >= 4 is 17.4 Å². The summed E-state index contributed by atoms with van der Waals surface area (Å²) in [7, 11) is 1.81. The maximum atomic E-state index is 12.7. The average molecular weight is 319 g/mol. The zero-order chi connectivity index (χ0) is 15.8. The largest absolute Gasteiger partial charge is 0.416 e. The Bertz CT molecular complexity index is 664.